The number of rotatable bonds is 4. The maximum atomic E-state index is 13.0. The highest BCUT2D eigenvalue weighted by atomic mass is 79.9. The molecule has 2 fully saturated rings. The van der Waals surface area contributed by atoms with Crippen molar-refractivity contribution < 1.29 is 9.13 Å². The summed E-state index contributed by atoms with van der Waals surface area (Å²) in [4.78, 5) is 2.51. The molecule has 2 atom stereocenters. The predicted molar refractivity (Wildman–Crippen MR) is 104 cm³/mol. The number of nitrogens with one attached hydrogen (secondary N) is 1. The first-order valence-corrected chi connectivity index (χ1v) is 8.94. The van der Waals surface area contributed by atoms with Gasteiger partial charge in [0.05, 0.1) is 12.7 Å². The zero-order chi connectivity index (χ0) is 15.4. The van der Waals surface area contributed by atoms with Gasteiger partial charge in [-0.05, 0) is 50.0 Å². The van der Waals surface area contributed by atoms with Gasteiger partial charge < -0.3 is 10.1 Å². The lowest BCUT2D eigenvalue weighted by molar-refractivity contribution is -0.0892. The Morgan fingerprint density at radius 3 is 2.46 bits per heavy atom. The van der Waals surface area contributed by atoms with Gasteiger partial charge in [0, 0.05) is 23.1 Å². The van der Waals surface area contributed by atoms with E-state index >= 15 is 0 Å². The summed E-state index contributed by atoms with van der Waals surface area (Å²) < 4.78 is 19.9. The summed E-state index contributed by atoms with van der Waals surface area (Å²) in [5.74, 6) is 0. The Morgan fingerprint density at radius 2 is 1.83 bits per heavy atom. The molecule has 3 nitrogen and oxygen atoms in total. The van der Waals surface area contributed by atoms with Crippen LogP contribution in [-0.4, -0.2) is 56.0 Å². The Kier molecular flexibility index (Phi) is 10.1. The van der Waals surface area contributed by atoms with E-state index in [9.17, 15) is 4.39 Å². The van der Waals surface area contributed by atoms with Gasteiger partial charge in [-0.2, -0.15) is 0 Å². The molecule has 7 heteroatoms. The summed E-state index contributed by atoms with van der Waals surface area (Å²) in [6.45, 7) is 3.10. The monoisotopic (exact) mass is 442 g/mol. The van der Waals surface area contributed by atoms with Crippen LogP contribution in [-0.2, 0) is 11.2 Å². The van der Waals surface area contributed by atoms with E-state index in [2.05, 4.69) is 50.4 Å². The normalized spacial score (nSPS) is 25.6. The quantitative estimate of drug-likeness (QED) is 0.768. The minimum absolute atomic E-state index is 0. The van der Waals surface area contributed by atoms with Gasteiger partial charge in [0.2, 0.25) is 0 Å². The molecule has 2 aliphatic heterocycles. The number of halogens is 4. The molecule has 0 spiro atoms. The van der Waals surface area contributed by atoms with Gasteiger partial charge in [0.15, 0.2) is 0 Å². The van der Waals surface area contributed by atoms with Gasteiger partial charge in [-0.15, -0.1) is 24.8 Å². The lowest BCUT2D eigenvalue weighted by Crippen LogP contribution is -2.57. The molecular formula is C17H26BrCl2FN2O. The minimum atomic E-state index is -0.382. The van der Waals surface area contributed by atoms with Gasteiger partial charge >= 0.3 is 0 Å². The zero-order valence-electron chi connectivity index (χ0n) is 13.6. The molecule has 0 aliphatic carbocycles. The molecule has 0 saturated carbocycles. The van der Waals surface area contributed by atoms with Crippen molar-refractivity contribution in [1.29, 1.82) is 0 Å². The first-order valence-electron chi connectivity index (χ1n) is 8.14. The molecule has 2 saturated heterocycles. The molecule has 24 heavy (non-hydrogen) atoms. The van der Waals surface area contributed by atoms with Gasteiger partial charge in [-0.1, -0.05) is 28.1 Å². The second-order valence-electron chi connectivity index (χ2n) is 6.27. The smallest absolute Gasteiger partial charge is 0.117 e. The number of benzene rings is 1. The van der Waals surface area contributed by atoms with E-state index in [4.69, 9.17) is 4.74 Å². The zero-order valence-corrected chi connectivity index (χ0v) is 16.8. The maximum absolute atomic E-state index is 13.0. The molecule has 2 heterocycles. The van der Waals surface area contributed by atoms with Crippen LogP contribution in [0.15, 0.2) is 28.7 Å². The van der Waals surface area contributed by atoms with E-state index in [-0.39, 0.29) is 37.6 Å². The fraction of sp³-hybridized carbons (Fsp3) is 0.647. The fourth-order valence-electron chi connectivity index (χ4n) is 3.53. The average Bonchev–Trinajstić information content (AvgIpc) is 2.58. The third-order valence-corrected chi connectivity index (χ3v) is 5.27. The second kappa shape index (κ2) is 10.9. The third-order valence-electron chi connectivity index (χ3n) is 4.74. The number of nitrogens with zero attached hydrogens (tertiary/aromatic N) is 1. The third kappa shape index (κ3) is 5.82. The summed E-state index contributed by atoms with van der Waals surface area (Å²) >= 11 is 3.48. The van der Waals surface area contributed by atoms with Crippen LogP contribution in [0.25, 0.3) is 0 Å². The second-order valence-corrected chi connectivity index (χ2v) is 7.19. The Labute approximate surface area is 164 Å². The molecular weight excluding hydrogens is 418 g/mol. The lowest BCUT2D eigenvalue weighted by Gasteiger charge is -2.45. The largest absolute Gasteiger partial charge is 0.373 e. The predicted octanol–water partition coefficient (Wildman–Crippen LogP) is 3.63. The molecule has 1 aromatic rings. The van der Waals surface area contributed by atoms with Gasteiger partial charge in [0.25, 0.3) is 0 Å². The SMILES string of the molecule is Cl.Cl.FC[C@H]1CN(C2CCNCC2)[C@@H](Cc2ccc(Br)cc2)CO1. The fourth-order valence-corrected chi connectivity index (χ4v) is 3.79. The van der Waals surface area contributed by atoms with E-state index in [1.165, 1.54) is 5.56 Å². The molecule has 0 unspecified atom stereocenters. The molecule has 2 aliphatic rings. The summed E-state index contributed by atoms with van der Waals surface area (Å²) in [7, 11) is 0. The average molecular weight is 444 g/mol. The highest BCUT2D eigenvalue weighted by Crippen LogP contribution is 2.24. The van der Waals surface area contributed by atoms with Crippen LogP contribution < -0.4 is 5.32 Å². The molecule has 0 amide bonds. The topological polar surface area (TPSA) is 24.5 Å². The van der Waals surface area contributed by atoms with Crippen molar-refractivity contribution in [1.82, 2.24) is 10.2 Å². The summed E-state index contributed by atoms with van der Waals surface area (Å²) in [5, 5.41) is 3.41. The van der Waals surface area contributed by atoms with Crippen LogP contribution in [0, 0.1) is 0 Å². The van der Waals surface area contributed by atoms with Crippen molar-refractivity contribution in [3.05, 3.63) is 34.3 Å². The van der Waals surface area contributed by atoms with E-state index in [0.717, 1.165) is 43.4 Å². The van der Waals surface area contributed by atoms with Crippen LogP contribution in [0.5, 0.6) is 0 Å². The number of ether oxygens (including phenoxy) is 1. The van der Waals surface area contributed by atoms with Crippen molar-refractivity contribution in [3.8, 4) is 0 Å². The molecule has 1 N–H and O–H groups in total. The Balaban J connectivity index is 0.00000144. The minimum Gasteiger partial charge on any atom is -0.373 e. The number of alkyl halides is 1. The lowest BCUT2D eigenvalue weighted by atomic mass is 9.97. The molecule has 3 rings (SSSR count). The molecule has 0 bridgehead atoms. The van der Waals surface area contributed by atoms with Crippen LogP contribution in [0.4, 0.5) is 4.39 Å². The molecule has 1 aromatic carbocycles. The molecule has 0 radical (unpaired) electrons. The van der Waals surface area contributed by atoms with Gasteiger partial charge in [0.1, 0.15) is 6.67 Å². The van der Waals surface area contributed by atoms with E-state index in [1.807, 2.05) is 0 Å². The van der Waals surface area contributed by atoms with Crippen LogP contribution in [0.3, 0.4) is 0 Å². The van der Waals surface area contributed by atoms with Crippen molar-refractivity contribution in [2.24, 2.45) is 0 Å². The van der Waals surface area contributed by atoms with Gasteiger partial charge in [-0.3, -0.25) is 4.90 Å². The standard InChI is InChI=1S/C17H24BrFN2O.2ClH/c18-14-3-1-13(2-4-14)9-16-12-22-17(10-19)11-21(16)15-5-7-20-8-6-15;;/h1-4,15-17,20H,5-12H2;2*1H/t16-,17-;;/m0../s1. The van der Waals surface area contributed by atoms with E-state index < -0.39 is 0 Å². The van der Waals surface area contributed by atoms with Crippen molar-refractivity contribution in [2.45, 2.75) is 37.5 Å². The summed E-state index contributed by atoms with van der Waals surface area (Å²) in [6.07, 6.45) is 3.01. The first-order chi connectivity index (χ1) is 10.8. The maximum Gasteiger partial charge on any atom is 0.117 e. The van der Waals surface area contributed by atoms with Crippen LogP contribution in [0.1, 0.15) is 18.4 Å². The number of hydrogen-bond acceptors (Lipinski definition) is 3. The van der Waals surface area contributed by atoms with Crippen molar-refractivity contribution >= 4 is 40.7 Å². The van der Waals surface area contributed by atoms with E-state index in [1.54, 1.807) is 0 Å². The van der Waals surface area contributed by atoms with Gasteiger partial charge in [-0.25, -0.2) is 4.39 Å². The Bertz CT molecular complexity index is 474. The first kappa shape index (κ1) is 22.1. The summed E-state index contributed by atoms with van der Waals surface area (Å²) in [5.41, 5.74) is 1.31. The Hall–Kier alpha value is 0.0900. The highest BCUT2D eigenvalue weighted by molar-refractivity contribution is 9.10. The molecule has 0 aromatic heterocycles. The van der Waals surface area contributed by atoms with Crippen molar-refractivity contribution in [2.75, 3.05) is 32.9 Å². The van der Waals surface area contributed by atoms with Crippen LogP contribution >= 0.6 is 40.7 Å². The Morgan fingerprint density at radius 1 is 1.17 bits per heavy atom. The highest BCUT2D eigenvalue weighted by Gasteiger charge is 2.34. The van der Waals surface area contributed by atoms with Crippen LogP contribution in [0.2, 0.25) is 0 Å². The summed E-state index contributed by atoms with van der Waals surface area (Å²) in [6, 6.07) is 9.39. The molecule has 138 valence electrons. The number of hydrogen-bond donors (Lipinski definition) is 1. The number of morpholine rings is 1. The van der Waals surface area contributed by atoms with E-state index in [0.29, 0.717) is 18.7 Å². The number of piperidine rings is 1. The van der Waals surface area contributed by atoms with Crippen molar-refractivity contribution in [3.63, 3.8) is 0 Å².